The topological polar surface area (TPSA) is 94.0 Å². The molecular weight excluding hydrogens is 471 g/mol. The molecule has 2 aromatic carbocycles. The zero-order valence-corrected chi connectivity index (χ0v) is 20.3. The molecule has 4 aromatic rings. The van der Waals surface area contributed by atoms with Crippen molar-refractivity contribution in [2.75, 3.05) is 5.73 Å². The number of fused-ring (bicyclic) bond motifs is 1. The van der Waals surface area contributed by atoms with Crippen molar-refractivity contribution < 1.29 is 9.90 Å². The van der Waals surface area contributed by atoms with E-state index in [1.165, 1.54) is 0 Å². The zero-order chi connectivity index (χ0) is 24.1. The lowest BCUT2D eigenvalue weighted by Crippen LogP contribution is -2.10. The molecule has 1 saturated carbocycles. The summed E-state index contributed by atoms with van der Waals surface area (Å²) in [6, 6.07) is 11.0. The standard InChI is InChI=1S/C26H24Cl2N4O2/c1-13(26(33)34)19-9-16(29)5-6-18(19)21-10-23-22(11-30-21)31-12-32(23)14(2)24-20(27)8-7-17(25(24)28)15-3-4-15/h5-15H,3-4,29H2,1-2H3,(H,33,34)/t13?,14-/m1/s1. The van der Waals surface area contributed by atoms with Gasteiger partial charge in [0.05, 0.1) is 40.7 Å². The van der Waals surface area contributed by atoms with E-state index in [1.54, 1.807) is 31.6 Å². The van der Waals surface area contributed by atoms with Crippen molar-refractivity contribution in [3.05, 3.63) is 75.7 Å². The molecule has 0 spiro atoms. The van der Waals surface area contributed by atoms with Gasteiger partial charge in [-0.3, -0.25) is 9.78 Å². The van der Waals surface area contributed by atoms with E-state index in [9.17, 15) is 9.90 Å². The number of nitrogen functional groups attached to an aromatic ring is 1. The van der Waals surface area contributed by atoms with Crippen molar-refractivity contribution in [3.8, 4) is 11.3 Å². The molecule has 3 N–H and O–H groups in total. The van der Waals surface area contributed by atoms with Crippen LogP contribution in [0.4, 0.5) is 5.69 Å². The first-order valence-corrected chi connectivity index (χ1v) is 11.9. The number of rotatable bonds is 6. The summed E-state index contributed by atoms with van der Waals surface area (Å²) in [6.07, 6.45) is 5.76. The number of nitrogens with zero attached hydrogens (tertiary/aromatic N) is 3. The normalized spacial score (nSPS) is 15.4. The molecule has 1 fully saturated rings. The average molecular weight is 495 g/mol. The molecule has 1 aliphatic rings. The largest absolute Gasteiger partial charge is 0.481 e. The molecule has 1 aliphatic carbocycles. The number of pyridine rings is 1. The molecule has 1 unspecified atom stereocenters. The fourth-order valence-corrected chi connectivity index (χ4v) is 5.35. The minimum absolute atomic E-state index is 0.164. The maximum absolute atomic E-state index is 11.7. The first kappa shape index (κ1) is 22.7. The van der Waals surface area contributed by atoms with E-state index in [4.69, 9.17) is 28.9 Å². The molecule has 0 bridgehead atoms. The molecule has 34 heavy (non-hydrogen) atoms. The Morgan fingerprint density at radius 1 is 1.15 bits per heavy atom. The van der Waals surface area contributed by atoms with E-state index < -0.39 is 11.9 Å². The number of halogens is 2. The number of anilines is 1. The van der Waals surface area contributed by atoms with E-state index in [0.717, 1.165) is 45.6 Å². The Bertz CT molecular complexity index is 1430. The number of aliphatic carboxylic acids is 1. The fraction of sp³-hybridized carbons (Fsp3) is 0.269. The summed E-state index contributed by atoms with van der Waals surface area (Å²) in [7, 11) is 0. The molecule has 2 heterocycles. The number of hydrogen-bond donors (Lipinski definition) is 2. The number of nitrogens with two attached hydrogens (primary N) is 1. The summed E-state index contributed by atoms with van der Waals surface area (Å²) < 4.78 is 2.03. The van der Waals surface area contributed by atoms with Gasteiger partial charge in [-0.05, 0) is 68.0 Å². The van der Waals surface area contributed by atoms with Gasteiger partial charge in [-0.15, -0.1) is 0 Å². The summed E-state index contributed by atoms with van der Waals surface area (Å²) in [5.41, 5.74) is 12.0. The Kier molecular flexibility index (Phi) is 5.74. The lowest BCUT2D eigenvalue weighted by Gasteiger charge is -2.20. The van der Waals surface area contributed by atoms with E-state index in [0.29, 0.717) is 27.9 Å². The predicted octanol–water partition coefficient (Wildman–Crippen LogP) is 6.66. The third-order valence-electron chi connectivity index (χ3n) is 6.66. The number of carbonyl (C=O) groups is 1. The molecule has 2 aromatic heterocycles. The van der Waals surface area contributed by atoms with Gasteiger partial charge >= 0.3 is 5.97 Å². The lowest BCUT2D eigenvalue weighted by atomic mass is 9.93. The Morgan fingerprint density at radius 2 is 1.91 bits per heavy atom. The van der Waals surface area contributed by atoms with Crippen LogP contribution in [0.1, 0.15) is 61.3 Å². The van der Waals surface area contributed by atoms with Gasteiger partial charge < -0.3 is 15.4 Å². The van der Waals surface area contributed by atoms with Crippen LogP contribution in [0.5, 0.6) is 0 Å². The van der Waals surface area contributed by atoms with Crippen LogP contribution in [0.3, 0.4) is 0 Å². The van der Waals surface area contributed by atoms with Crippen molar-refractivity contribution in [2.45, 2.75) is 44.6 Å². The number of imidazole rings is 1. The maximum Gasteiger partial charge on any atom is 0.310 e. The van der Waals surface area contributed by atoms with Crippen LogP contribution >= 0.6 is 23.2 Å². The molecule has 174 valence electrons. The van der Waals surface area contributed by atoms with E-state index in [-0.39, 0.29) is 6.04 Å². The number of benzene rings is 2. The first-order valence-electron chi connectivity index (χ1n) is 11.2. The van der Waals surface area contributed by atoms with Crippen molar-refractivity contribution in [2.24, 2.45) is 0 Å². The van der Waals surface area contributed by atoms with Gasteiger partial charge in [0, 0.05) is 21.8 Å². The molecule has 0 radical (unpaired) electrons. The van der Waals surface area contributed by atoms with Crippen molar-refractivity contribution in [1.29, 1.82) is 0 Å². The van der Waals surface area contributed by atoms with Crippen LogP contribution < -0.4 is 5.73 Å². The molecule has 5 rings (SSSR count). The summed E-state index contributed by atoms with van der Waals surface area (Å²) in [6.45, 7) is 3.69. The van der Waals surface area contributed by atoms with Crippen LogP contribution in [0.15, 0.2) is 48.9 Å². The monoisotopic (exact) mass is 494 g/mol. The highest BCUT2D eigenvalue weighted by molar-refractivity contribution is 6.36. The van der Waals surface area contributed by atoms with Gasteiger partial charge in [0.2, 0.25) is 0 Å². The number of hydrogen-bond acceptors (Lipinski definition) is 4. The average Bonchev–Trinajstić information content (AvgIpc) is 3.56. The van der Waals surface area contributed by atoms with Gasteiger partial charge in [-0.1, -0.05) is 35.3 Å². The minimum atomic E-state index is -0.925. The highest BCUT2D eigenvalue weighted by Crippen LogP contribution is 2.47. The number of carboxylic acid groups (broad SMARTS) is 1. The molecular formula is C26H24Cl2N4O2. The second-order valence-electron chi connectivity index (χ2n) is 8.93. The summed E-state index contributed by atoms with van der Waals surface area (Å²) in [5, 5.41) is 10.9. The van der Waals surface area contributed by atoms with Crippen LogP contribution in [0.2, 0.25) is 10.0 Å². The molecule has 0 aliphatic heterocycles. The number of aromatic nitrogens is 3. The smallest absolute Gasteiger partial charge is 0.310 e. The summed E-state index contributed by atoms with van der Waals surface area (Å²) in [5.74, 6) is -1.15. The SMILES string of the molecule is CC(C(=O)O)c1cc(N)ccc1-c1cc2c(cn1)ncn2[C@H](C)c1c(Cl)ccc(C2CC2)c1Cl. The Balaban J connectivity index is 1.63. The molecule has 0 saturated heterocycles. The third-order valence-corrected chi connectivity index (χ3v) is 7.41. The van der Waals surface area contributed by atoms with Crippen LogP contribution in [-0.4, -0.2) is 25.6 Å². The van der Waals surface area contributed by atoms with Gasteiger partial charge in [0.1, 0.15) is 5.52 Å². The second kappa shape index (κ2) is 8.60. The molecule has 6 nitrogen and oxygen atoms in total. The van der Waals surface area contributed by atoms with Crippen molar-refractivity contribution in [3.63, 3.8) is 0 Å². The first-order chi connectivity index (χ1) is 16.3. The zero-order valence-electron chi connectivity index (χ0n) is 18.8. The summed E-state index contributed by atoms with van der Waals surface area (Å²) in [4.78, 5) is 20.8. The van der Waals surface area contributed by atoms with E-state index in [1.807, 2.05) is 35.8 Å². The molecule has 0 amide bonds. The lowest BCUT2D eigenvalue weighted by molar-refractivity contribution is -0.138. The van der Waals surface area contributed by atoms with Crippen molar-refractivity contribution >= 4 is 45.9 Å². The quantitative estimate of drug-likeness (QED) is 0.292. The predicted molar refractivity (Wildman–Crippen MR) is 136 cm³/mol. The highest BCUT2D eigenvalue weighted by atomic mass is 35.5. The van der Waals surface area contributed by atoms with Gasteiger partial charge in [-0.2, -0.15) is 0 Å². The van der Waals surface area contributed by atoms with E-state index in [2.05, 4.69) is 9.97 Å². The van der Waals surface area contributed by atoms with Gasteiger partial charge in [0.15, 0.2) is 0 Å². The van der Waals surface area contributed by atoms with Gasteiger partial charge in [-0.25, -0.2) is 4.98 Å². The number of carboxylic acids is 1. The minimum Gasteiger partial charge on any atom is -0.481 e. The summed E-state index contributed by atoms with van der Waals surface area (Å²) >= 11 is 13.5. The van der Waals surface area contributed by atoms with Gasteiger partial charge in [0.25, 0.3) is 0 Å². The highest BCUT2D eigenvalue weighted by Gasteiger charge is 2.29. The molecule has 2 atom stereocenters. The third kappa shape index (κ3) is 3.91. The van der Waals surface area contributed by atoms with Crippen LogP contribution in [0.25, 0.3) is 22.3 Å². The Hall–Kier alpha value is -3.09. The Morgan fingerprint density at radius 3 is 2.62 bits per heavy atom. The Labute approximate surface area is 207 Å². The maximum atomic E-state index is 11.7. The van der Waals surface area contributed by atoms with Crippen LogP contribution in [-0.2, 0) is 4.79 Å². The molecule has 8 heteroatoms. The van der Waals surface area contributed by atoms with Crippen molar-refractivity contribution in [1.82, 2.24) is 14.5 Å². The van der Waals surface area contributed by atoms with E-state index >= 15 is 0 Å². The fourth-order valence-electron chi connectivity index (χ4n) is 4.51. The second-order valence-corrected chi connectivity index (χ2v) is 9.72. The van der Waals surface area contributed by atoms with Crippen LogP contribution in [0, 0.1) is 0 Å².